The van der Waals surface area contributed by atoms with Crippen LogP contribution in [-0.2, 0) is 0 Å². The van der Waals surface area contributed by atoms with E-state index >= 15 is 0 Å². The highest BCUT2D eigenvalue weighted by atomic mass is 15.1. The first-order valence-corrected chi connectivity index (χ1v) is 7.01. The molecule has 0 amide bonds. The summed E-state index contributed by atoms with van der Waals surface area (Å²) in [6, 6.07) is 10.1. The summed E-state index contributed by atoms with van der Waals surface area (Å²) < 4.78 is 0. The van der Waals surface area contributed by atoms with E-state index in [1.165, 1.54) is 25.7 Å². The van der Waals surface area contributed by atoms with Gasteiger partial charge in [-0.2, -0.15) is 0 Å². The monoisotopic (exact) mass is 269 g/mol. The Hall–Kier alpha value is -2.30. The summed E-state index contributed by atoms with van der Waals surface area (Å²) in [7, 11) is 0. The minimum atomic E-state index is 0.550. The van der Waals surface area contributed by atoms with Crippen molar-refractivity contribution in [3.05, 3.63) is 36.7 Å². The molecule has 5 heteroatoms. The van der Waals surface area contributed by atoms with Gasteiger partial charge in [-0.25, -0.2) is 9.97 Å². The van der Waals surface area contributed by atoms with Gasteiger partial charge in [0.1, 0.15) is 18.0 Å². The fourth-order valence-corrected chi connectivity index (χ4v) is 2.50. The molecule has 0 unspecified atom stereocenters. The Bertz CT molecular complexity index is 561. The lowest BCUT2D eigenvalue weighted by atomic mass is 10.2. The van der Waals surface area contributed by atoms with Crippen LogP contribution < -0.4 is 16.4 Å². The highest BCUT2D eigenvalue weighted by Crippen LogP contribution is 2.23. The van der Waals surface area contributed by atoms with E-state index < -0.39 is 0 Å². The second-order valence-corrected chi connectivity index (χ2v) is 5.16. The Labute approximate surface area is 118 Å². The van der Waals surface area contributed by atoms with Crippen molar-refractivity contribution < 1.29 is 0 Å². The molecule has 0 bridgehead atoms. The van der Waals surface area contributed by atoms with E-state index in [2.05, 4.69) is 20.6 Å². The van der Waals surface area contributed by atoms with Gasteiger partial charge in [-0.05, 0) is 37.1 Å². The van der Waals surface area contributed by atoms with Crippen LogP contribution in [0.3, 0.4) is 0 Å². The fraction of sp³-hybridized carbons (Fsp3) is 0.333. The lowest BCUT2D eigenvalue weighted by Gasteiger charge is -2.13. The van der Waals surface area contributed by atoms with Gasteiger partial charge >= 0.3 is 0 Å². The van der Waals surface area contributed by atoms with Crippen molar-refractivity contribution in [1.29, 1.82) is 0 Å². The first-order valence-electron chi connectivity index (χ1n) is 7.01. The van der Waals surface area contributed by atoms with E-state index in [4.69, 9.17) is 5.73 Å². The third-order valence-corrected chi connectivity index (χ3v) is 3.56. The molecule has 3 rings (SSSR count). The molecular weight excluding hydrogens is 250 g/mol. The van der Waals surface area contributed by atoms with Crippen molar-refractivity contribution in [1.82, 2.24) is 9.97 Å². The van der Waals surface area contributed by atoms with Crippen LogP contribution in [0.5, 0.6) is 0 Å². The molecule has 1 fully saturated rings. The zero-order chi connectivity index (χ0) is 13.8. The molecule has 1 aromatic carbocycles. The average molecular weight is 269 g/mol. The van der Waals surface area contributed by atoms with E-state index in [0.29, 0.717) is 6.04 Å². The van der Waals surface area contributed by atoms with Gasteiger partial charge in [0.05, 0.1) is 0 Å². The molecule has 0 spiro atoms. The van der Waals surface area contributed by atoms with Crippen molar-refractivity contribution in [3.63, 3.8) is 0 Å². The quantitative estimate of drug-likeness (QED) is 0.743. The molecule has 1 saturated carbocycles. The van der Waals surface area contributed by atoms with Crippen LogP contribution >= 0.6 is 0 Å². The molecule has 2 aromatic rings. The molecule has 1 aliphatic rings. The van der Waals surface area contributed by atoms with Crippen molar-refractivity contribution in [2.75, 3.05) is 16.4 Å². The number of nitrogens with zero attached hydrogens (tertiary/aromatic N) is 2. The van der Waals surface area contributed by atoms with E-state index in [9.17, 15) is 0 Å². The van der Waals surface area contributed by atoms with Crippen LogP contribution in [0.2, 0.25) is 0 Å². The Morgan fingerprint density at radius 3 is 2.45 bits per heavy atom. The van der Waals surface area contributed by atoms with Crippen molar-refractivity contribution in [2.45, 2.75) is 31.7 Å². The molecule has 1 aromatic heterocycles. The maximum Gasteiger partial charge on any atom is 0.135 e. The van der Waals surface area contributed by atoms with Crippen LogP contribution in [0.25, 0.3) is 0 Å². The molecule has 1 heterocycles. The lowest BCUT2D eigenvalue weighted by Crippen LogP contribution is -2.15. The third kappa shape index (κ3) is 3.17. The van der Waals surface area contributed by atoms with Crippen molar-refractivity contribution in [3.8, 4) is 0 Å². The Kier molecular flexibility index (Phi) is 3.67. The summed E-state index contributed by atoms with van der Waals surface area (Å²) in [5.74, 6) is 1.66. The van der Waals surface area contributed by atoms with Crippen LogP contribution in [0.4, 0.5) is 23.0 Å². The summed E-state index contributed by atoms with van der Waals surface area (Å²) in [6.45, 7) is 0. The topological polar surface area (TPSA) is 75.9 Å². The first-order chi connectivity index (χ1) is 9.79. The summed E-state index contributed by atoms with van der Waals surface area (Å²) in [6.07, 6.45) is 6.64. The zero-order valence-electron chi connectivity index (χ0n) is 11.3. The minimum Gasteiger partial charge on any atom is -0.399 e. The third-order valence-electron chi connectivity index (χ3n) is 3.56. The minimum absolute atomic E-state index is 0.550. The van der Waals surface area contributed by atoms with Gasteiger partial charge in [0.2, 0.25) is 0 Å². The molecule has 104 valence electrons. The van der Waals surface area contributed by atoms with E-state index in [1.807, 2.05) is 30.3 Å². The summed E-state index contributed by atoms with van der Waals surface area (Å²) >= 11 is 0. The largest absolute Gasteiger partial charge is 0.399 e. The molecule has 0 atom stereocenters. The van der Waals surface area contributed by atoms with Crippen molar-refractivity contribution in [2.24, 2.45) is 0 Å². The van der Waals surface area contributed by atoms with Crippen LogP contribution in [0, 0.1) is 0 Å². The van der Waals surface area contributed by atoms with Crippen LogP contribution in [0.15, 0.2) is 36.7 Å². The standard InChI is InChI=1S/C15H19N5/c16-11-5-7-13(8-6-11)20-15-9-14(17-10-18-15)19-12-3-1-2-4-12/h5-10,12H,1-4,16H2,(H2,17,18,19,20). The first kappa shape index (κ1) is 12.7. The highest BCUT2D eigenvalue weighted by Gasteiger charge is 2.15. The SMILES string of the molecule is Nc1ccc(Nc2cc(NC3CCCC3)ncn2)cc1. The van der Waals surface area contributed by atoms with Crippen molar-refractivity contribution >= 4 is 23.0 Å². The number of nitrogen functional groups attached to an aromatic ring is 1. The molecule has 0 saturated heterocycles. The molecule has 1 aliphatic carbocycles. The van der Waals surface area contributed by atoms with E-state index in [0.717, 1.165) is 23.0 Å². The van der Waals surface area contributed by atoms with Gasteiger partial charge in [0.25, 0.3) is 0 Å². The molecule has 4 N–H and O–H groups in total. The second-order valence-electron chi connectivity index (χ2n) is 5.16. The van der Waals surface area contributed by atoms with Gasteiger partial charge in [0, 0.05) is 23.5 Å². The molecule has 5 nitrogen and oxygen atoms in total. The van der Waals surface area contributed by atoms with Gasteiger partial charge in [-0.3, -0.25) is 0 Å². The average Bonchev–Trinajstić information content (AvgIpc) is 2.95. The Morgan fingerprint density at radius 1 is 1.00 bits per heavy atom. The number of hydrogen-bond donors (Lipinski definition) is 3. The molecule has 0 radical (unpaired) electrons. The predicted molar refractivity (Wildman–Crippen MR) is 82.0 cm³/mol. The maximum atomic E-state index is 5.67. The summed E-state index contributed by atoms with van der Waals surface area (Å²) in [5, 5.41) is 6.71. The number of rotatable bonds is 4. The molecule has 0 aliphatic heterocycles. The van der Waals surface area contributed by atoms with Gasteiger partial charge in [0.15, 0.2) is 0 Å². The normalized spacial score (nSPS) is 15.2. The summed E-state index contributed by atoms with van der Waals surface area (Å²) in [5.41, 5.74) is 7.39. The molecule has 20 heavy (non-hydrogen) atoms. The number of aromatic nitrogens is 2. The van der Waals surface area contributed by atoms with Crippen LogP contribution in [0.1, 0.15) is 25.7 Å². The van der Waals surface area contributed by atoms with E-state index in [-0.39, 0.29) is 0 Å². The van der Waals surface area contributed by atoms with Crippen LogP contribution in [-0.4, -0.2) is 16.0 Å². The Morgan fingerprint density at radius 2 is 1.70 bits per heavy atom. The smallest absolute Gasteiger partial charge is 0.135 e. The number of hydrogen-bond acceptors (Lipinski definition) is 5. The lowest BCUT2D eigenvalue weighted by molar-refractivity contribution is 0.750. The molecular formula is C15H19N5. The number of anilines is 4. The zero-order valence-corrected chi connectivity index (χ0v) is 11.3. The number of nitrogens with two attached hydrogens (primary N) is 1. The maximum absolute atomic E-state index is 5.67. The number of benzene rings is 1. The Balaban J connectivity index is 1.68. The highest BCUT2D eigenvalue weighted by molar-refractivity contribution is 5.61. The predicted octanol–water partition coefficient (Wildman–Crippen LogP) is 3.16. The fourth-order valence-electron chi connectivity index (χ4n) is 2.50. The van der Waals surface area contributed by atoms with E-state index in [1.54, 1.807) is 6.33 Å². The summed E-state index contributed by atoms with van der Waals surface area (Å²) in [4.78, 5) is 8.51. The van der Waals surface area contributed by atoms with Gasteiger partial charge < -0.3 is 16.4 Å². The van der Waals surface area contributed by atoms with Gasteiger partial charge in [-0.15, -0.1) is 0 Å². The second kappa shape index (κ2) is 5.77. The van der Waals surface area contributed by atoms with Gasteiger partial charge in [-0.1, -0.05) is 12.8 Å². The number of nitrogens with one attached hydrogen (secondary N) is 2.